The Balaban J connectivity index is 2.19. The van der Waals surface area contributed by atoms with Crippen LogP contribution in [0.3, 0.4) is 0 Å². The van der Waals surface area contributed by atoms with Gasteiger partial charge in [-0.05, 0) is 23.8 Å². The van der Waals surface area contributed by atoms with Crippen LogP contribution in [0.4, 0.5) is 0 Å². The fourth-order valence-electron chi connectivity index (χ4n) is 1.96. The van der Waals surface area contributed by atoms with E-state index in [2.05, 4.69) is 4.98 Å². The maximum absolute atomic E-state index is 12.3. The Labute approximate surface area is 123 Å². The molecule has 0 spiro atoms. The fraction of sp³-hybridized carbons (Fsp3) is 0.250. The van der Waals surface area contributed by atoms with E-state index in [9.17, 15) is 4.79 Å². The third-order valence-electron chi connectivity index (χ3n) is 3.08. The zero-order chi connectivity index (χ0) is 15.2. The highest BCUT2D eigenvalue weighted by Gasteiger charge is 2.11. The Bertz CT molecular complexity index is 640. The molecule has 5 heteroatoms. The smallest absolute Gasteiger partial charge is 0.168 e. The van der Waals surface area contributed by atoms with E-state index in [0.717, 1.165) is 5.56 Å². The van der Waals surface area contributed by atoms with Gasteiger partial charge in [0.2, 0.25) is 0 Å². The number of pyridine rings is 1. The number of hydrogen-bond donors (Lipinski definition) is 0. The summed E-state index contributed by atoms with van der Waals surface area (Å²) in [6.45, 7) is 0. The molecule has 1 aromatic carbocycles. The lowest BCUT2D eigenvalue weighted by Crippen LogP contribution is -2.05. The van der Waals surface area contributed by atoms with Crippen molar-refractivity contribution in [1.82, 2.24) is 4.98 Å². The molecule has 0 radical (unpaired) electrons. The summed E-state index contributed by atoms with van der Waals surface area (Å²) in [5.41, 5.74) is 1.37. The number of hydrogen-bond acceptors (Lipinski definition) is 5. The summed E-state index contributed by atoms with van der Waals surface area (Å²) in [5.74, 6) is 1.77. The summed E-state index contributed by atoms with van der Waals surface area (Å²) in [5, 5.41) is 0. The molecule has 0 aliphatic rings. The van der Waals surface area contributed by atoms with Gasteiger partial charge in [-0.15, -0.1) is 0 Å². The lowest BCUT2D eigenvalue weighted by Gasteiger charge is -2.09. The number of carbonyl (C=O) groups is 1. The zero-order valence-corrected chi connectivity index (χ0v) is 12.3. The first kappa shape index (κ1) is 14.8. The minimum Gasteiger partial charge on any atom is -0.495 e. The van der Waals surface area contributed by atoms with Crippen LogP contribution in [0.1, 0.15) is 15.9 Å². The minimum absolute atomic E-state index is 0.0337. The average Bonchev–Trinajstić information content (AvgIpc) is 2.54. The number of rotatable bonds is 6. The SMILES string of the molecule is COc1cncc(C(=O)Cc2ccc(OC)c(OC)c2)c1. The number of ether oxygens (including phenoxy) is 3. The van der Waals surface area contributed by atoms with Crippen molar-refractivity contribution in [2.75, 3.05) is 21.3 Å². The number of methoxy groups -OCH3 is 3. The number of benzene rings is 1. The van der Waals surface area contributed by atoms with Crippen LogP contribution in [0.15, 0.2) is 36.7 Å². The van der Waals surface area contributed by atoms with Crippen LogP contribution in [0.5, 0.6) is 17.2 Å². The van der Waals surface area contributed by atoms with Crippen molar-refractivity contribution in [2.24, 2.45) is 0 Å². The third kappa shape index (κ3) is 3.51. The molecule has 0 atom stereocenters. The molecule has 0 fully saturated rings. The van der Waals surface area contributed by atoms with E-state index in [-0.39, 0.29) is 12.2 Å². The molecule has 2 aromatic rings. The molecule has 0 bridgehead atoms. The third-order valence-corrected chi connectivity index (χ3v) is 3.08. The molecule has 0 saturated heterocycles. The van der Waals surface area contributed by atoms with Crippen LogP contribution in [-0.2, 0) is 6.42 Å². The van der Waals surface area contributed by atoms with Gasteiger partial charge >= 0.3 is 0 Å². The molecule has 2 rings (SSSR count). The maximum atomic E-state index is 12.3. The van der Waals surface area contributed by atoms with Crippen LogP contribution < -0.4 is 14.2 Å². The second-order valence-corrected chi connectivity index (χ2v) is 4.40. The first-order valence-electron chi connectivity index (χ1n) is 6.41. The van der Waals surface area contributed by atoms with Gasteiger partial charge in [-0.2, -0.15) is 0 Å². The average molecular weight is 287 g/mol. The normalized spacial score (nSPS) is 10.0. The lowest BCUT2D eigenvalue weighted by molar-refractivity contribution is 0.0992. The first-order valence-corrected chi connectivity index (χ1v) is 6.41. The quantitative estimate of drug-likeness (QED) is 0.764. The predicted octanol–water partition coefficient (Wildman–Crippen LogP) is 2.53. The molecule has 5 nitrogen and oxygen atoms in total. The molecule has 1 aromatic heterocycles. The fourth-order valence-corrected chi connectivity index (χ4v) is 1.96. The van der Waals surface area contributed by atoms with Crippen LogP contribution in [0, 0.1) is 0 Å². The topological polar surface area (TPSA) is 57.7 Å². The summed E-state index contributed by atoms with van der Waals surface area (Å²) in [6.07, 6.45) is 3.36. The van der Waals surface area contributed by atoms with Crippen molar-refractivity contribution >= 4 is 5.78 Å². The van der Waals surface area contributed by atoms with Crippen LogP contribution in [-0.4, -0.2) is 32.1 Å². The Morgan fingerprint density at radius 3 is 2.43 bits per heavy atom. The second-order valence-electron chi connectivity index (χ2n) is 4.40. The lowest BCUT2D eigenvalue weighted by atomic mass is 10.0. The van der Waals surface area contributed by atoms with Gasteiger partial charge in [0.25, 0.3) is 0 Å². The number of carbonyl (C=O) groups excluding carboxylic acids is 1. The molecule has 0 saturated carbocycles. The maximum Gasteiger partial charge on any atom is 0.168 e. The van der Waals surface area contributed by atoms with Gasteiger partial charge < -0.3 is 14.2 Å². The highest BCUT2D eigenvalue weighted by Crippen LogP contribution is 2.28. The Hall–Kier alpha value is -2.56. The van der Waals surface area contributed by atoms with Crippen molar-refractivity contribution in [2.45, 2.75) is 6.42 Å². The van der Waals surface area contributed by atoms with Crippen LogP contribution >= 0.6 is 0 Å². The molecule has 1 heterocycles. The van der Waals surface area contributed by atoms with Crippen LogP contribution in [0.25, 0.3) is 0 Å². The monoisotopic (exact) mass is 287 g/mol. The summed E-state index contributed by atoms with van der Waals surface area (Å²) in [7, 11) is 4.68. The van der Waals surface area contributed by atoms with Gasteiger partial charge in [0.1, 0.15) is 5.75 Å². The molecule has 21 heavy (non-hydrogen) atoms. The zero-order valence-electron chi connectivity index (χ0n) is 12.3. The standard InChI is InChI=1S/C16H17NO4/c1-19-13-8-12(9-17-10-13)14(18)6-11-4-5-15(20-2)16(7-11)21-3/h4-5,7-10H,6H2,1-3H3. The van der Waals surface area contributed by atoms with Crippen molar-refractivity contribution in [3.05, 3.63) is 47.8 Å². The molecule has 0 aliphatic carbocycles. The molecule has 0 unspecified atom stereocenters. The number of ketones is 1. The minimum atomic E-state index is -0.0337. The summed E-state index contributed by atoms with van der Waals surface area (Å²) < 4.78 is 15.5. The molecule has 0 amide bonds. The van der Waals surface area contributed by atoms with E-state index in [4.69, 9.17) is 14.2 Å². The summed E-state index contributed by atoms with van der Waals surface area (Å²) in [6, 6.07) is 7.10. The van der Waals surface area contributed by atoms with Gasteiger partial charge in [0.05, 0.1) is 27.5 Å². The van der Waals surface area contributed by atoms with E-state index in [1.807, 2.05) is 6.07 Å². The Kier molecular flexibility index (Phi) is 4.77. The van der Waals surface area contributed by atoms with Crippen molar-refractivity contribution < 1.29 is 19.0 Å². The van der Waals surface area contributed by atoms with Crippen molar-refractivity contribution in [1.29, 1.82) is 0 Å². The highest BCUT2D eigenvalue weighted by molar-refractivity contribution is 5.97. The number of Topliss-reactive ketones (excluding diaryl/α,β-unsaturated/α-hetero) is 1. The molecule has 0 N–H and O–H groups in total. The van der Waals surface area contributed by atoms with Gasteiger partial charge in [-0.3, -0.25) is 9.78 Å². The summed E-state index contributed by atoms with van der Waals surface area (Å²) >= 11 is 0. The van der Waals surface area contributed by atoms with E-state index in [0.29, 0.717) is 22.8 Å². The van der Waals surface area contributed by atoms with E-state index in [1.165, 1.54) is 6.20 Å². The Morgan fingerprint density at radius 1 is 1.00 bits per heavy atom. The second kappa shape index (κ2) is 6.74. The van der Waals surface area contributed by atoms with E-state index in [1.54, 1.807) is 45.7 Å². The van der Waals surface area contributed by atoms with Gasteiger partial charge in [0, 0.05) is 18.2 Å². The summed E-state index contributed by atoms with van der Waals surface area (Å²) in [4.78, 5) is 16.3. The molecule has 0 aliphatic heterocycles. The van der Waals surface area contributed by atoms with Gasteiger partial charge in [-0.25, -0.2) is 0 Å². The number of aromatic nitrogens is 1. The predicted molar refractivity (Wildman–Crippen MR) is 78.4 cm³/mol. The molecule has 110 valence electrons. The highest BCUT2D eigenvalue weighted by atomic mass is 16.5. The molecular formula is C16H17NO4. The van der Waals surface area contributed by atoms with Gasteiger partial charge in [-0.1, -0.05) is 6.07 Å². The van der Waals surface area contributed by atoms with E-state index >= 15 is 0 Å². The Morgan fingerprint density at radius 2 is 1.76 bits per heavy atom. The van der Waals surface area contributed by atoms with Crippen molar-refractivity contribution in [3.8, 4) is 17.2 Å². The van der Waals surface area contributed by atoms with E-state index < -0.39 is 0 Å². The first-order chi connectivity index (χ1) is 10.2. The van der Waals surface area contributed by atoms with Crippen LogP contribution in [0.2, 0.25) is 0 Å². The number of nitrogens with zero attached hydrogens (tertiary/aromatic N) is 1. The molecular weight excluding hydrogens is 270 g/mol. The largest absolute Gasteiger partial charge is 0.495 e. The van der Waals surface area contributed by atoms with Crippen molar-refractivity contribution in [3.63, 3.8) is 0 Å². The van der Waals surface area contributed by atoms with Gasteiger partial charge in [0.15, 0.2) is 17.3 Å².